The van der Waals surface area contributed by atoms with Crippen LogP contribution in [-0.2, 0) is 23.9 Å². The third kappa shape index (κ3) is 5.12. The van der Waals surface area contributed by atoms with Crippen LogP contribution in [-0.4, -0.2) is 86.6 Å². The normalized spacial score (nSPS) is 32.0. The summed E-state index contributed by atoms with van der Waals surface area (Å²) in [6.07, 6.45) is 2.27. The molecule has 1 N–H and O–H groups in total. The molecule has 1 unspecified atom stereocenters. The molecule has 0 aromatic rings. The molecule has 0 radical (unpaired) electrons. The number of likely N-dealkylation sites (tertiary alicyclic amines) is 1. The van der Waals surface area contributed by atoms with Crippen LogP contribution >= 0.6 is 15.9 Å². The smallest absolute Gasteiger partial charge is 0.312 e. The number of carbonyl (C=O) groups is 3. The predicted molar refractivity (Wildman–Crippen MR) is 145 cm³/mol. The lowest BCUT2D eigenvalue weighted by Crippen LogP contribution is -2.63. The minimum atomic E-state index is -1.19. The minimum Gasteiger partial charge on any atom is -0.466 e. The van der Waals surface area contributed by atoms with Crippen molar-refractivity contribution in [2.75, 3.05) is 19.8 Å². The summed E-state index contributed by atoms with van der Waals surface area (Å²) < 4.78 is 11.9. The lowest BCUT2D eigenvalue weighted by Gasteiger charge is -2.47. The highest BCUT2D eigenvalue weighted by Crippen LogP contribution is 2.61. The standard InChI is InChI=1S/C28H45BrN2O6/c1-10-12-30(27(8,9)15-26(5,6)7)24(34)22-28-13-17(29)21(37-28)19(25(35)36-11-2)20(28)23(33)31(22)18(14-32)16(3)4/h10,16-22,32H,1,11-15H2,2-9H3/t17?,18-,19-,20+,21-,22-,28+/m0/s1. The number of nitrogens with zero attached hydrogens (tertiary/aromatic N) is 2. The summed E-state index contributed by atoms with van der Waals surface area (Å²) in [7, 11) is 0. The molecule has 0 saturated carbocycles. The molecular weight excluding hydrogens is 540 g/mol. The molecule has 8 nitrogen and oxygen atoms in total. The van der Waals surface area contributed by atoms with Crippen LogP contribution < -0.4 is 0 Å². The molecule has 2 bridgehead atoms. The second-order valence-electron chi connectivity index (χ2n) is 12.9. The fourth-order valence-corrected chi connectivity index (χ4v) is 8.08. The largest absolute Gasteiger partial charge is 0.466 e. The van der Waals surface area contributed by atoms with E-state index in [1.807, 2.05) is 27.7 Å². The van der Waals surface area contributed by atoms with Crippen molar-refractivity contribution in [1.82, 2.24) is 9.80 Å². The number of hydrogen-bond donors (Lipinski definition) is 1. The van der Waals surface area contributed by atoms with Gasteiger partial charge in [-0.15, -0.1) is 6.58 Å². The Morgan fingerprint density at radius 3 is 2.43 bits per heavy atom. The van der Waals surface area contributed by atoms with Crippen molar-refractivity contribution in [3.05, 3.63) is 12.7 Å². The van der Waals surface area contributed by atoms with Gasteiger partial charge in [0.25, 0.3) is 0 Å². The lowest BCUT2D eigenvalue weighted by molar-refractivity contribution is -0.158. The van der Waals surface area contributed by atoms with Gasteiger partial charge in [0.15, 0.2) is 0 Å². The van der Waals surface area contributed by atoms with E-state index in [0.717, 1.165) is 6.42 Å². The maximum atomic E-state index is 14.7. The van der Waals surface area contributed by atoms with E-state index in [9.17, 15) is 19.5 Å². The summed E-state index contributed by atoms with van der Waals surface area (Å²) in [5.74, 6) is -2.82. The third-order valence-electron chi connectivity index (χ3n) is 8.10. The van der Waals surface area contributed by atoms with Crippen molar-refractivity contribution in [1.29, 1.82) is 0 Å². The summed E-state index contributed by atoms with van der Waals surface area (Å²) in [6.45, 7) is 20.1. The van der Waals surface area contributed by atoms with Gasteiger partial charge in [0.1, 0.15) is 11.6 Å². The van der Waals surface area contributed by atoms with E-state index < -0.39 is 47.1 Å². The van der Waals surface area contributed by atoms with Crippen LogP contribution in [0.3, 0.4) is 0 Å². The van der Waals surface area contributed by atoms with Crippen molar-refractivity contribution >= 4 is 33.7 Å². The summed E-state index contributed by atoms with van der Waals surface area (Å²) >= 11 is 3.68. The van der Waals surface area contributed by atoms with Crippen molar-refractivity contribution in [2.45, 2.75) is 102 Å². The molecule has 1 spiro atoms. The van der Waals surface area contributed by atoms with Gasteiger partial charge in [-0.25, -0.2) is 0 Å². The van der Waals surface area contributed by atoms with Crippen molar-refractivity contribution in [3.63, 3.8) is 0 Å². The molecule has 3 aliphatic heterocycles. The Labute approximate surface area is 230 Å². The van der Waals surface area contributed by atoms with Crippen LogP contribution in [0.2, 0.25) is 0 Å². The van der Waals surface area contributed by atoms with E-state index in [1.165, 1.54) is 4.90 Å². The zero-order valence-electron chi connectivity index (χ0n) is 23.6. The minimum absolute atomic E-state index is 0.0565. The van der Waals surface area contributed by atoms with Crippen molar-refractivity contribution in [2.24, 2.45) is 23.2 Å². The SMILES string of the molecule is C=CCN(C(=O)[C@@H]1N([C@@H](CO)C(C)C)C(=O)[C@H]2[C@H](C(=O)OCC)[C@H]3O[C@@]12CC3Br)C(C)(C)CC(C)(C)C. The Bertz CT molecular complexity index is 915. The summed E-state index contributed by atoms with van der Waals surface area (Å²) in [5.41, 5.74) is -1.80. The Kier molecular flexibility index (Phi) is 8.63. The van der Waals surface area contributed by atoms with Gasteiger partial charge >= 0.3 is 5.97 Å². The van der Waals surface area contributed by atoms with E-state index >= 15 is 0 Å². The first-order chi connectivity index (χ1) is 17.1. The molecule has 2 amide bonds. The van der Waals surface area contributed by atoms with Gasteiger partial charge in [-0.3, -0.25) is 14.4 Å². The van der Waals surface area contributed by atoms with Crippen molar-refractivity contribution in [3.8, 4) is 0 Å². The van der Waals surface area contributed by atoms with Crippen LogP contribution in [0.25, 0.3) is 0 Å². The zero-order valence-corrected chi connectivity index (χ0v) is 25.2. The number of fused-ring (bicyclic) bond motifs is 1. The van der Waals surface area contributed by atoms with Crippen LogP contribution in [0.5, 0.6) is 0 Å². The number of carbonyl (C=O) groups excluding carboxylic acids is 3. The Morgan fingerprint density at radius 1 is 1.32 bits per heavy atom. The van der Waals surface area contributed by atoms with Crippen LogP contribution in [0.4, 0.5) is 0 Å². The molecule has 0 aromatic heterocycles. The average molecular weight is 586 g/mol. The number of ether oxygens (including phenoxy) is 2. The lowest BCUT2D eigenvalue weighted by atomic mass is 9.70. The average Bonchev–Trinajstić information content (AvgIpc) is 3.34. The monoisotopic (exact) mass is 584 g/mol. The first kappa shape index (κ1) is 30.1. The van der Waals surface area contributed by atoms with Crippen LogP contribution in [0, 0.1) is 23.2 Å². The quantitative estimate of drug-likeness (QED) is 0.240. The van der Waals surface area contributed by atoms with Gasteiger partial charge in [-0.2, -0.15) is 0 Å². The molecule has 3 rings (SSSR count). The van der Waals surface area contributed by atoms with E-state index in [0.29, 0.717) is 13.0 Å². The maximum absolute atomic E-state index is 14.7. The molecule has 37 heavy (non-hydrogen) atoms. The molecule has 0 aliphatic carbocycles. The second kappa shape index (κ2) is 10.6. The van der Waals surface area contributed by atoms with Crippen LogP contribution in [0.1, 0.15) is 68.2 Å². The first-order valence-corrected chi connectivity index (χ1v) is 14.3. The second-order valence-corrected chi connectivity index (χ2v) is 14.1. The number of hydrogen-bond acceptors (Lipinski definition) is 6. The fourth-order valence-electron chi connectivity index (χ4n) is 7.14. The first-order valence-electron chi connectivity index (χ1n) is 13.4. The zero-order chi connectivity index (χ0) is 28.1. The summed E-state index contributed by atoms with van der Waals surface area (Å²) in [4.78, 5) is 45.1. The number of aliphatic hydroxyl groups is 1. The van der Waals surface area contributed by atoms with E-state index in [2.05, 4.69) is 43.3 Å². The molecule has 7 atom stereocenters. The van der Waals surface area contributed by atoms with E-state index in [-0.39, 0.29) is 41.2 Å². The van der Waals surface area contributed by atoms with Crippen LogP contribution in [0.15, 0.2) is 12.7 Å². The highest BCUT2D eigenvalue weighted by atomic mass is 79.9. The third-order valence-corrected chi connectivity index (χ3v) is 8.95. The van der Waals surface area contributed by atoms with Gasteiger partial charge in [0.2, 0.25) is 11.8 Å². The molecule has 9 heteroatoms. The Hall–Kier alpha value is -1.45. The molecule has 210 valence electrons. The van der Waals surface area contributed by atoms with Gasteiger partial charge in [0, 0.05) is 16.9 Å². The van der Waals surface area contributed by atoms with E-state index in [1.54, 1.807) is 17.9 Å². The molecule has 3 saturated heterocycles. The molecule has 0 aromatic carbocycles. The maximum Gasteiger partial charge on any atom is 0.312 e. The molecule has 3 aliphatic rings. The van der Waals surface area contributed by atoms with Gasteiger partial charge in [-0.05, 0) is 44.9 Å². The van der Waals surface area contributed by atoms with Gasteiger partial charge in [-0.1, -0.05) is 56.6 Å². The van der Waals surface area contributed by atoms with Gasteiger partial charge < -0.3 is 24.4 Å². The fraction of sp³-hybridized carbons (Fsp3) is 0.821. The highest BCUT2D eigenvalue weighted by Gasteiger charge is 2.77. The molecule has 3 fully saturated rings. The number of esters is 1. The topological polar surface area (TPSA) is 96.4 Å². The number of amides is 2. The molecule has 3 heterocycles. The number of rotatable bonds is 10. The summed E-state index contributed by atoms with van der Waals surface area (Å²) in [5, 5.41) is 10.4. The van der Waals surface area contributed by atoms with Crippen molar-refractivity contribution < 1.29 is 29.0 Å². The Morgan fingerprint density at radius 2 is 1.95 bits per heavy atom. The van der Waals surface area contributed by atoms with E-state index in [4.69, 9.17) is 9.47 Å². The Balaban J connectivity index is 2.18. The number of aliphatic hydroxyl groups excluding tert-OH is 1. The molecular formula is C28H45BrN2O6. The number of alkyl halides is 1. The predicted octanol–water partition coefficient (Wildman–Crippen LogP) is 3.54. The summed E-state index contributed by atoms with van der Waals surface area (Å²) in [6, 6.07) is -1.58. The van der Waals surface area contributed by atoms with Gasteiger partial charge in [0.05, 0.1) is 37.2 Å². The number of halogens is 1. The highest BCUT2D eigenvalue weighted by molar-refractivity contribution is 9.09.